The summed E-state index contributed by atoms with van der Waals surface area (Å²) in [5, 5.41) is 2.73. The van der Waals surface area contributed by atoms with E-state index in [0.717, 1.165) is 0 Å². The van der Waals surface area contributed by atoms with E-state index in [4.69, 9.17) is 4.74 Å². The Morgan fingerprint density at radius 1 is 1.16 bits per heavy atom. The van der Waals surface area contributed by atoms with E-state index in [-0.39, 0.29) is 17.6 Å². The van der Waals surface area contributed by atoms with Gasteiger partial charge in [0, 0.05) is 25.5 Å². The van der Waals surface area contributed by atoms with E-state index in [0.29, 0.717) is 22.9 Å². The second-order valence-electron chi connectivity index (χ2n) is 6.26. The summed E-state index contributed by atoms with van der Waals surface area (Å²) in [4.78, 5) is 38.2. The summed E-state index contributed by atoms with van der Waals surface area (Å²) in [5.74, 6) is -0.405. The third kappa shape index (κ3) is 7.17. The molecule has 0 heterocycles. The van der Waals surface area contributed by atoms with E-state index in [1.165, 1.54) is 16.7 Å². The van der Waals surface area contributed by atoms with Gasteiger partial charge >= 0.3 is 5.97 Å². The highest BCUT2D eigenvalue weighted by Crippen LogP contribution is 2.24. The minimum absolute atomic E-state index is 0.0467. The van der Waals surface area contributed by atoms with Crippen molar-refractivity contribution >= 4 is 29.5 Å². The Morgan fingerprint density at radius 3 is 2.40 bits per heavy atom. The van der Waals surface area contributed by atoms with Crippen LogP contribution in [0.4, 0.5) is 0 Å². The number of amides is 2. The molecule has 1 aromatic carbocycles. The smallest absolute Gasteiger partial charge is 0.340 e. The van der Waals surface area contributed by atoms with Crippen molar-refractivity contribution in [1.82, 2.24) is 10.2 Å². The van der Waals surface area contributed by atoms with Gasteiger partial charge in [-0.3, -0.25) is 9.59 Å². The maximum atomic E-state index is 12.4. The fourth-order valence-electron chi connectivity index (χ4n) is 1.76. The molecule has 0 radical (unpaired) electrons. The molecule has 0 saturated carbocycles. The molecule has 0 spiro atoms. The number of rotatable bonds is 8. The van der Waals surface area contributed by atoms with Gasteiger partial charge in [0.05, 0.1) is 11.3 Å². The van der Waals surface area contributed by atoms with Crippen LogP contribution >= 0.6 is 11.8 Å². The van der Waals surface area contributed by atoms with E-state index in [2.05, 4.69) is 5.32 Å². The quantitative estimate of drug-likeness (QED) is 0.564. The van der Waals surface area contributed by atoms with Crippen LogP contribution in [0.25, 0.3) is 0 Å². The average Bonchev–Trinajstić information content (AvgIpc) is 2.57. The van der Waals surface area contributed by atoms with Gasteiger partial charge in [-0.2, -0.15) is 0 Å². The van der Waals surface area contributed by atoms with Gasteiger partial charge in [-0.25, -0.2) is 4.79 Å². The molecule has 25 heavy (non-hydrogen) atoms. The third-order valence-electron chi connectivity index (χ3n) is 3.29. The maximum absolute atomic E-state index is 12.4. The molecule has 1 rings (SSSR count). The molecule has 0 aromatic heterocycles. The van der Waals surface area contributed by atoms with E-state index >= 15 is 0 Å². The van der Waals surface area contributed by atoms with Gasteiger partial charge in [-0.15, -0.1) is 11.8 Å². The molecule has 0 aliphatic carbocycles. The minimum Gasteiger partial charge on any atom is -0.449 e. The van der Waals surface area contributed by atoms with Crippen LogP contribution in [-0.4, -0.2) is 55.2 Å². The number of esters is 1. The predicted molar refractivity (Wildman–Crippen MR) is 98.6 cm³/mol. The zero-order chi connectivity index (χ0) is 19.0. The van der Waals surface area contributed by atoms with Gasteiger partial charge in [-0.1, -0.05) is 26.0 Å². The molecule has 0 fully saturated rings. The zero-order valence-electron chi connectivity index (χ0n) is 15.4. The SMILES string of the molecule is CC(C)CNC(=O)[C@H](C)OC(=O)c1ccccc1SCC(=O)N(C)C. The Hall–Kier alpha value is -2.02. The largest absolute Gasteiger partial charge is 0.449 e. The molecule has 1 atom stereocenters. The highest BCUT2D eigenvalue weighted by atomic mass is 32.2. The van der Waals surface area contributed by atoms with Gasteiger partial charge < -0.3 is 15.0 Å². The van der Waals surface area contributed by atoms with Crippen molar-refractivity contribution in [3.05, 3.63) is 29.8 Å². The molecular weight excluding hydrogens is 340 g/mol. The number of thioether (sulfide) groups is 1. The molecule has 2 amide bonds. The second kappa shape index (κ2) is 10.1. The van der Waals surface area contributed by atoms with Gasteiger partial charge in [-0.05, 0) is 25.0 Å². The fourth-order valence-corrected chi connectivity index (χ4v) is 2.77. The first-order valence-corrected chi connectivity index (χ1v) is 9.11. The Kier molecular flexibility index (Phi) is 8.48. The van der Waals surface area contributed by atoms with Crippen LogP contribution in [-0.2, 0) is 14.3 Å². The summed E-state index contributed by atoms with van der Waals surface area (Å²) in [7, 11) is 3.36. The predicted octanol–water partition coefficient (Wildman–Crippen LogP) is 2.18. The monoisotopic (exact) mass is 366 g/mol. The van der Waals surface area contributed by atoms with Crippen molar-refractivity contribution in [2.45, 2.75) is 31.8 Å². The Morgan fingerprint density at radius 2 is 1.80 bits per heavy atom. The van der Waals surface area contributed by atoms with Crippen LogP contribution in [0.5, 0.6) is 0 Å². The van der Waals surface area contributed by atoms with E-state index in [9.17, 15) is 14.4 Å². The first-order chi connectivity index (χ1) is 11.7. The lowest BCUT2D eigenvalue weighted by Crippen LogP contribution is -2.37. The molecule has 0 unspecified atom stereocenters. The first-order valence-electron chi connectivity index (χ1n) is 8.13. The van der Waals surface area contributed by atoms with Crippen molar-refractivity contribution in [2.75, 3.05) is 26.4 Å². The molecule has 0 saturated heterocycles. The third-order valence-corrected chi connectivity index (χ3v) is 4.35. The molecule has 7 heteroatoms. The Bertz CT molecular complexity index is 617. The van der Waals surface area contributed by atoms with Crippen molar-refractivity contribution in [2.24, 2.45) is 5.92 Å². The van der Waals surface area contributed by atoms with Crippen LogP contribution in [0.15, 0.2) is 29.2 Å². The molecule has 6 nitrogen and oxygen atoms in total. The van der Waals surface area contributed by atoms with Gasteiger partial charge in [0.15, 0.2) is 6.10 Å². The summed E-state index contributed by atoms with van der Waals surface area (Å²) in [6.45, 7) is 6.04. The first kappa shape index (κ1) is 21.0. The van der Waals surface area contributed by atoms with E-state index < -0.39 is 12.1 Å². The van der Waals surface area contributed by atoms with E-state index in [1.54, 1.807) is 45.3 Å². The molecule has 138 valence electrons. The van der Waals surface area contributed by atoms with Gasteiger partial charge in [0.2, 0.25) is 5.91 Å². The van der Waals surface area contributed by atoms with Crippen molar-refractivity contribution < 1.29 is 19.1 Å². The molecule has 0 aliphatic heterocycles. The standard InChI is InChI=1S/C18H26N2O4S/c1-12(2)10-19-17(22)13(3)24-18(23)14-8-6-7-9-15(14)25-11-16(21)20(4)5/h6-9,12-13H,10-11H2,1-5H3,(H,19,22)/t13-/m0/s1. The topological polar surface area (TPSA) is 75.7 Å². The number of benzene rings is 1. The van der Waals surface area contributed by atoms with Crippen molar-refractivity contribution in [1.29, 1.82) is 0 Å². The van der Waals surface area contributed by atoms with Crippen LogP contribution < -0.4 is 5.32 Å². The number of carbonyl (C=O) groups is 3. The Balaban J connectivity index is 2.72. The van der Waals surface area contributed by atoms with Crippen LogP contribution in [0, 0.1) is 5.92 Å². The lowest BCUT2D eigenvalue weighted by Gasteiger charge is -2.16. The number of carbonyl (C=O) groups excluding carboxylic acids is 3. The molecule has 1 N–H and O–H groups in total. The normalized spacial score (nSPS) is 11.8. The summed E-state index contributed by atoms with van der Waals surface area (Å²) >= 11 is 1.27. The summed E-state index contributed by atoms with van der Waals surface area (Å²) in [6.07, 6.45) is -0.882. The molecular formula is C18H26N2O4S. The maximum Gasteiger partial charge on any atom is 0.340 e. The molecule has 1 aromatic rings. The highest BCUT2D eigenvalue weighted by Gasteiger charge is 2.21. The van der Waals surface area contributed by atoms with Crippen LogP contribution in [0.3, 0.4) is 0 Å². The summed E-state index contributed by atoms with van der Waals surface area (Å²) in [6, 6.07) is 6.90. The lowest BCUT2D eigenvalue weighted by molar-refractivity contribution is -0.129. The van der Waals surface area contributed by atoms with E-state index in [1.807, 2.05) is 13.8 Å². The fraction of sp³-hybridized carbons (Fsp3) is 0.500. The number of ether oxygens (including phenoxy) is 1. The number of nitrogens with zero attached hydrogens (tertiary/aromatic N) is 1. The zero-order valence-corrected chi connectivity index (χ0v) is 16.2. The minimum atomic E-state index is -0.882. The second-order valence-corrected chi connectivity index (χ2v) is 7.28. The van der Waals surface area contributed by atoms with Gasteiger partial charge in [0.1, 0.15) is 0 Å². The van der Waals surface area contributed by atoms with Crippen molar-refractivity contribution in [3.63, 3.8) is 0 Å². The molecule has 0 aliphatic rings. The van der Waals surface area contributed by atoms with Gasteiger partial charge in [0.25, 0.3) is 5.91 Å². The average molecular weight is 366 g/mol. The summed E-state index contributed by atoms with van der Waals surface area (Å²) in [5.41, 5.74) is 0.350. The summed E-state index contributed by atoms with van der Waals surface area (Å²) < 4.78 is 5.27. The number of nitrogens with one attached hydrogen (secondary N) is 1. The number of hydrogen-bond acceptors (Lipinski definition) is 5. The van der Waals surface area contributed by atoms with Crippen molar-refractivity contribution in [3.8, 4) is 0 Å². The van der Waals surface area contributed by atoms with Crippen LogP contribution in [0.1, 0.15) is 31.1 Å². The molecule has 0 bridgehead atoms. The number of hydrogen-bond donors (Lipinski definition) is 1. The van der Waals surface area contributed by atoms with Crippen LogP contribution in [0.2, 0.25) is 0 Å². The Labute approximate surface area is 153 Å². The lowest BCUT2D eigenvalue weighted by atomic mass is 10.2. The highest BCUT2D eigenvalue weighted by molar-refractivity contribution is 8.00.